The first-order valence-electron chi connectivity index (χ1n) is 9.80. The zero-order valence-electron chi connectivity index (χ0n) is 15.6. The highest BCUT2D eigenvalue weighted by Gasteiger charge is 2.49. The monoisotopic (exact) mass is 380 g/mol. The van der Waals surface area contributed by atoms with E-state index in [1.165, 1.54) is 4.90 Å². The maximum absolute atomic E-state index is 12.6. The Hall–Kier alpha value is -2.89. The van der Waals surface area contributed by atoms with Crippen LogP contribution in [0.5, 0.6) is 0 Å². The number of nitrogens with one attached hydrogen (secondary N) is 1. The van der Waals surface area contributed by atoms with Crippen LogP contribution < -0.4 is 5.32 Å². The van der Waals surface area contributed by atoms with Gasteiger partial charge in [0.25, 0.3) is 0 Å². The molecular weight excluding hydrogens is 356 g/mol. The third kappa shape index (κ3) is 3.46. The van der Waals surface area contributed by atoms with Gasteiger partial charge in [-0.25, -0.2) is 4.79 Å². The molecule has 2 aromatic carbocycles. The SMILES string of the molecule is O=C(Cc1cccc2ccccc12)NCC(=O)N1CC2CCCC2C1C(=O)O. The van der Waals surface area contributed by atoms with Crippen molar-refractivity contribution in [3.63, 3.8) is 0 Å². The lowest BCUT2D eigenvalue weighted by Gasteiger charge is -2.24. The van der Waals surface area contributed by atoms with Crippen molar-refractivity contribution >= 4 is 28.6 Å². The van der Waals surface area contributed by atoms with Crippen molar-refractivity contribution in [2.75, 3.05) is 13.1 Å². The number of benzene rings is 2. The van der Waals surface area contributed by atoms with E-state index in [1.54, 1.807) is 0 Å². The Labute approximate surface area is 163 Å². The molecular formula is C22H24N2O4. The van der Waals surface area contributed by atoms with Crippen molar-refractivity contribution in [3.8, 4) is 0 Å². The molecule has 0 bridgehead atoms. The summed E-state index contributed by atoms with van der Waals surface area (Å²) in [4.78, 5) is 38.1. The number of carbonyl (C=O) groups excluding carboxylic acids is 2. The van der Waals surface area contributed by atoms with Crippen LogP contribution in [0.4, 0.5) is 0 Å². The third-order valence-corrected chi connectivity index (χ3v) is 6.13. The number of nitrogens with zero attached hydrogens (tertiary/aromatic N) is 1. The molecule has 3 atom stereocenters. The highest BCUT2D eigenvalue weighted by Crippen LogP contribution is 2.42. The molecule has 2 aliphatic rings. The van der Waals surface area contributed by atoms with Crippen LogP contribution in [0, 0.1) is 11.8 Å². The Morgan fingerprint density at radius 3 is 2.68 bits per heavy atom. The lowest BCUT2D eigenvalue weighted by molar-refractivity contribution is -0.149. The second kappa shape index (κ2) is 7.62. The minimum absolute atomic E-state index is 0.0489. The quantitative estimate of drug-likeness (QED) is 0.833. The van der Waals surface area contributed by atoms with Crippen LogP contribution in [0.1, 0.15) is 24.8 Å². The summed E-state index contributed by atoms with van der Waals surface area (Å²) >= 11 is 0. The summed E-state index contributed by atoms with van der Waals surface area (Å²) < 4.78 is 0. The Morgan fingerprint density at radius 2 is 1.86 bits per heavy atom. The highest BCUT2D eigenvalue weighted by molar-refractivity contribution is 5.92. The number of hydrogen-bond donors (Lipinski definition) is 2. The molecule has 2 amide bonds. The molecule has 1 heterocycles. The average molecular weight is 380 g/mol. The second-order valence-corrected chi connectivity index (χ2v) is 7.78. The fourth-order valence-electron chi connectivity index (χ4n) is 4.84. The van der Waals surface area contributed by atoms with Crippen molar-refractivity contribution in [3.05, 3.63) is 48.0 Å². The smallest absolute Gasteiger partial charge is 0.326 e. The predicted octanol–water partition coefficient (Wildman–Crippen LogP) is 2.21. The first kappa shape index (κ1) is 18.5. The molecule has 2 N–H and O–H groups in total. The van der Waals surface area contributed by atoms with E-state index in [1.807, 2.05) is 42.5 Å². The first-order chi connectivity index (χ1) is 13.5. The molecule has 4 rings (SSSR count). The first-order valence-corrected chi connectivity index (χ1v) is 9.80. The van der Waals surface area contributed by atoms with E-state index < -0.39 is 12.0 Å². The lowest BCUT2D eigenvalue weighted by Crippen LogP contribution is -2.47. The number of rotatable bonds is 5. The highest BCUT2D eigenvalue weighted by atomic mass is 16.4. The molecule has 6 nitrogen and oxygen atoms in total. The van der Waals surface area contributed by atoms with Gasteiger partial charge in [-0.3, -0.25) is 9.59 Å². The number of amides is 2. The predicted molar refractivity (Wildman–Crippen MR) is 105 cm³/mol. The molecule has 1 aliphatic carbocycles. The summed E-state index contributed by atoms with van der Waals surface area (Å²) in [5.41, 5.74) is 0.905. The van der Waals surface area contributed by atoms with Crippen LogP contribution in [-0.4, -0.2) is 46.9 Å². The van der Waals surface area contributed by atoms with Gasteiger partial charge in [-0.2, -0.15) is 0 Å². The van der Waals surface area contributed by atoms with Crippen LogP contribution in [-0.2, 0) is 20.8 Å². The molecule has 2 aromatic rings. The molecule has 1 aliphatic heterocycles. The summed E-state index contributed by atoms with van der Waals surface area (Å²) in [6.45, 7) is 0.326. The van der Waals surface area contributed by atoms with Gasteiger partial charge in [0.15, 0.2) is 0 Å². The summed E-state index contributed by atoms with van der Waals surface area (Å²) in [5.74, 6) is -1.17. The molecule has 0 aromatic heterocycles. The largest absolute Gasteiger partial charge is 0.480 e. The Kier molecular flexibility index (Phi) is 5.03. The summed E-state index contributed by atoms with van der Waals surface area (Å²) in [6.07, 6.45) is 3.05. The van der Waals surface area contributed by atoms with Crippen molar-refractivity contribution in [1.82, 2.24) is 10.2 Å². The fraction of sp³-hybridized carbons (Fsp3) is 0.409. The lowest BCUT2D eigenvalue weighted by atomic mass is 9.94. The average Bonchev–Trinajstić information content (AvgIpc) is 3.27. The number of hydrogen-bond acceptors (Lipinski definition) is 3. The number of carboxylic acid groups (broad SMARTS) is 1. The molecule has 6 heteroatoms. The van der Waals surface area contributed by atoms with Crippen LogP contribution >= 0.6 is 0 Å². The van der Waals surface area contributed by atoms with Gasteiger partial charge in [-0.15, -0.1) is 0 Å². The summed E-state index contributed by atoms with van der Waals surface area (Å²) in [5, 5.41) is 14.3. The molecule has 3 unspecified atom stereocenters. The van der Waals surface area contributed by atoms with Crippen LogP contribution in [0.15, 0.2) is 42.5 Å². The zero-order valence-corrected chi connectivity index (χ0v) is 15.6. The third-order valence-electron chi connectivity index (χ3n) is 6.13. The summed E-state index contributed by atoms with van der Waals surface area (Å²) in [7, 11) is 0. The van der Waals surface area contributed by atoms with Gasteiger partial charge in [-0.1, -0.05) is 48.9 Å². The van der Waals surface area contributed by atoms with Gasteiger partial charge in [0.2, 0.25) is 11.8 Å². The maximum Gasteiger partial charge on any atom is 0.326 e. The van der Waals surface area contributed by atoms with E-state index >= 15 is 0 Å². The number of carbonyl (C=O) groups is 3. The molecule has 28 heavy (non-hydrogen) atoms. The van der Waals surface area contributed by atoms with Gasteiger partial charge in [0, 0.05) is 6.54 Å². The van der Waals surface area contributed by atoms with E-state index in [0.29, 0.717) is 6.54 Å². The van der Waals surface area contributed by atoms with E-state index in [4.69, 9.17) is 0 Å². The van der Waals surface area contributed by atoms with E-state index in [2.05, 4.69) is 5.32 Å². The van der Waals surface area contributed by atoms with Crippen LogP contribution in [0.25, 0.3) is 10.8 Å². The van der Waals surface area contributed by atoms with E-state index in [9.17, 15) is 19.5 Å². The number of aliphatic carboxylic acids is 1. The number of fused-ring (bicyclic) bond motifs is 2. The van der Waals surface area contributed by atoms with Crippen molar-refractivity contribution in [1.29, 1.82) is 0 Å². The topological polar surface area (TPSA) is 86.7 Å². The van der Waals surface area contributed by atoms with Crippen LogP contribution in [0.3, 0.4) is 0 Å². The normalized spacial score (nSPS) is 23.6. The zero-order chi connectivity index (χ0) is 19.7. The molecule has 2 fully saturated rings. The maximum atomic E-state index is 12.6. The van der Waals surface area contributed by atoms with Crippen LogP contribution in [0.2, 0.25) is 0 Å². The Morgan fingerprint density at radius 1 is 1.07 bits per heavy atom. The molecule has 146 valence electrons. The molecule has 0 radical (unpaired) electrons. The molecule has 1 saturated carbocycles. The van der Waals surface area contributed by atoms with Gasteiger partial charge in [-0.05, 0) is 41.0 Å². The fourth-order valence-corrected chi connectivity index (χ4v) is 4.84. The molecule has 0 spiro atoms. The summed E-state index contributed by atoms with van der Waals surface area (Å²) in [6, 6.07) is 12.9. The second-order valence-electron chi connectivity index (χ2n) is 7.78. The van der Waals surface area contributed by atoms with Crippen molar-refractivity contribution < 1.29 is 19.5 Å². The van der Waals surface area contributed by atoms with Gasteiger partial charge >= 0.3 is 5.97 Å². The standard InChI is InChI=1S/C22H24N2O4/c25-19(11-15-7-3-6-14-5-1-2-9-17(14)15)23-12-20(26)24-13-16-8-4-10-18(16)21(24)22(27)28/h1-3,5-7,9,16,18,21H,4,8,10-13H2,(H,23,25)(H,27,28). The van der Waals surface area contributed by atoms with E-state index in [-0.39, 0.29) is 36.6 Å². The van der Waals surface area contributed by atoms with Gasteiger partial charge in [0.1, 0.15) is 6.04 Å². The van der Waals surface area contributed by atoms with Crippen molar-refractivity contribution in [2.24, 2.45) is 11.8 Å². The van der Waals surface area contributed by atoms with Gasteiger partial charge in [0.05, 0.1) is 13.0 Å². The van der Waals surface area contributed by atoms with Crippen molar-refractivity contribution in [2.45, 2.75) is 31.7 Å². The Bertz CT molecular complexity index is 920. The minimum atomic E-state index is -0.940. The minimum Gasteiger partial charge on any atom is -0.480 e. The Balaban J connectivity index is 1.38. The van der Waals surface area contributed by atoms with E-state index in [0.717, 1.165) is 35.6 Å². The number of carboxylic acids is 1. The molecule has 1 saturated heterocycles. The van der Waals surface area contributed by atoms with Gasteiger partial charge < -0.3 is 15.3 Å². The number of likely N-dealkylation sites (tertiary alicyclic amines) is 1.